The first-order valence-electron chi connectivity index (χ1n) is 6.47. The lowest BCUT2D eigenvalue weighted by Crippen LogP contribution is -2.32. The molecule has 0 saturated heterocycles. The number of carbonyl (C=O) groups is 1. The van der Waals surface area contributed by atoms with Gasteiger partial charge in [-0.25, -0.2) is 0 Å². The van der Waals surface area contributed by atoms with Crippen LogP contribution in [0.4, 0.5) is 0 Å². The van der Waals surface area contributed by atoms with Crippen molar-refractivity contribution >= 4 is 5.97 Å². The van der Waals surface area contributed by atoms with E-state index < -0.39 is 12.0 Å². The number of carboxylic acids is 1. The van der Waals surface area contributed by atoms with Gasteiger partial charge in [0.05, 0.1) is 7.11 Å². The predicted octanol–water partition coefficient (Wildman–Crippen LogP) is 2.44. The number of ether oxygens (including phenoxy) is 2. The van der Waals surface area contributed by atoms with Crippen molar-refractivity contribution in [2.45, 2.75) is 12.5 Å². The first-order chi connectivity index (χ1) is 10.1. The Hall–Kier alpha value is -2.53. The van der Waals surface area contributed by atoms with E-state index in [0.29, 0.717) is 11.5 Å². The van der Waals surface area contributed by atoms with Gasteiger partial charge in [-0.3, -0.25) is 4.79 Å². The quantitative estimate of drug-likeness (QED) is 0.852. The summed E-state index contributed by atoms with van der Waals surface area (Å²) in [5.41, 5.74) is 6.35. The molecule has 0 aliphatic rings. The molecule has 3 N–H and O–H groups in total. The van der Waals surface area contributed by atoms with Crippen LogP contribution in [0, 0.1) is 0 Å². The fourth-order valence-electron chi connectivity index (χ4n) is 1.84. The Morgan fingerprint density at radius 2 is 1.81 bits per heavy atom. The molecule has 0 heterocycles. The minimum atomic E-state index is -1.01. The number of methoxy groups -OCH3 is 1. The van der Waals surface area contributed by atoms with E-state index >= 15 is 0 Å². The van der Waals surface area contributed by atoms with Crippen molar-refractivity contribution in [2.75, 3.05) is 7.11 Å². The van der Waals surface area contributed by atoms with Crippen molar-refractivity contribution in [3.05, 3.63) is 54.1 Å². The molecule has 2 rings (SSSR count). The molecular formula is C16H17NO4. The smallest absolute Gasteiger partial charge is 0.320 e. The molecule has 0 radical (unpaired) electrons. The zero-order valence-electron chi connectivity index (χ0n) is 11.7. The molecule has 0 unspecified atom stereocenters. The number of nitrogens with two attached hydrogens (primary N) is 1. The monoisotopic (exact) mass is 287 g/mol. The lowest BCUT2D eigenvalue weighted by molar-refractivity contribution is -0.138. The Kier molecular flexibility index (Phi) is 4.79. The first kappa shape index (κ1) is 14.9. The summed E-state index contributed by atoms with van der Waals surface area (Å²) in [4.78, 5) is 10.7. The summed E-state index contributed by atoms with van der Waals surface area (Å²) in [5, 5.41) is 8.78. The summed E-state index contributed by atoms with van der Waals surface area (Å²) in [6.45, 7) is 0. The number of benzene rings is 2. The first-order valence-corrected chi connectivity index (χ1v) is 6.47. The van der Waals surface area contributed by atoms with Crippen molar-refractivity contribution in [3.63, 3.8) is 0 Å². The molecule has 0 aliphatic heterocycles. The van der Waals surface area contributed by atoms with Gasteiger partial charge in [0.15, 0.2) is 0 Å². The highest BCUT2D eigenvalue weighted by Crippen LogP contribution is 2.25. The highest BCUT2D eigenvalue weighted by Gasteiger charge is 2.11. The minimum absolute atomic E-state index is 0.286. The summed E-state index contributed by atoms with van der Waals surface area (Å²) < 4.78 is 10.8. The molecule has 0 saturated carbocycles. The number of rotatable bonds is 6. The van der Waals surface area contributed by atoms with Gasteiger partial charge in [0.25, 0.3) is 0 Å². The summed E-state index contributed by atoms with van der Waals surface area (Å²) in [5.74, 6) is 1.04. The van der Waals surface area contributed by atoms with Crippen molar-refractivity contribution in [1.82, 2.24) is 0 Å². The normalized spacial score (nSPS) is 11.7. The van der Waals surface area contributed by atoms with E-state index in [4.69, 9.17) is 20.3 Å². The van der Waals surface area contributed by atoms with Gasteiger partial charge in [-0.2, -0.15) is 0 Å². The predicted molar refractivity (Wildman–Crippen MR) is 78.8 cm³/mol. The van der Waals surface area contributed by atoms with Crippen LogP contribution in [0.5, 0.6) is 17.2 Å². The molecule has 0 fully saturated rings. The molecular weight excluding hydrogens is 270 g/mol. The number of hydrogen-bond acceptors (Lipinski definition) is 4. The molecule has 0 spiro atoms. The molecule has 0 bridgehead atoms. The highest BCUT2D eigenvalue weighted by molar-refractivity contribution is 5.73. The Labute approximate surface area is 122 Å². The third kappa shape index (κ3) is 4.22. The van der Waals surface area contributed by atoms with Gasteiger partial charge in [-0.1, -0.05) is 18.2 Å². The maximum Gasteiger partial charge on any atom is 0.320 e. The molecule has 5 heteroatoms. The largest absolute Gasteiger partial charge is 0.497 e. The van der Waals surface area contributed by atoms with Crippen molar-refractivity contribution in [3.8, 4) is 17.2 Å². The second-order valence-electron chi connectivity index (χ2n) is 4.57. The number of aliphatic carboxylic acids is 1. The van der Waals surface area contributed by atoms with Crippen LogP contribution >= 0.6 is 0 Å². The topological polar surface area (TPSA) is 81.8 Å². The van der Waals surface area contributed by atoms with E-state index in [0.717, 1.165) is 11.3 Å². The van der Waals surface area contributed by atoms with Gasteiger partial charge < -0.3 is 20.3 Å². The second kappa shape index (κ2) is 6.76. The summed E-state index contributed by atoms with van der Waals surface area (Å²) in [6.07, 6.45) is 0.286. The molecule has 2 aromatic rings. The number of hydrogen-bond donors (Lipinski definition) is 2. The average molecular weight is 287 g/mol. The van der Waals surface area contributed by atoms with Gasteiger partial charge in [-0.15, -0.1) is 0 Å². The molecule has 5 nitrogen and oxygen atoms in total. The van der Waals surface area contributed by atoms with E-state index in [1.807, 2.05) is 18.2 Å². The van der Waals surface area contributed by atoms with Crippen LogP contribution < -0.4 is 15.2 Å². The molecule has 0 aliphatic carbocycles. The zero-order valence-corrected chi connectivity index (χ0v) is 11.7. The summed E-state index contributed by atoms with van der Waals surface area (Å²) in [7, 11) is 1.60. The molecule has 21 heavy (non-hydrogen) atoms. The van der Waals surface area contributed by atoms with E-state index in [9.17, 15) is 4.79 Å². The minimum Gasteiger partial charge on any atom is -0.497 e. The maximum absolute atomic E-state index is 10.7. The van der Waals surface area contributed by atoms with Crippen LogP contribution in [0.15, 0.2) is 48.5 Å². The SMILES string of the molecule is COc1cccc(Oc2ccc(C[C@H](N)C(=O)O)cc2)c1. The van der Waals surface area contributed by atoms with Crippen LogP contribution in [-0.4, -0.2) is 24.2 Å². The molecule has 2 aromatic carbocycles. The van der Waals surface area contributed by atoms with E-state index in [1.165, 1.54) is 0 Å². The van der Waals surface area contributed by atoms with Crippen molar-refractivity contribution < 1.29 is 19.4 Å². The molecule has 1 atom stereocenters. The number of carboxylic acid groups (broad SMARTS) is 1. The van der Waals surface area contributed by atoms with Crippen LogP contribution in [0.25, 0.3) is 0 Å². The zero-order chi connectivity index (χ0) is 15.2. The highest BCUT2D eigenvalue weighted by atomic mass is 16.5. The Morgan fingerprint density at radius 1 is 1.14 bits per heavy atom. The van der Waals surface area contributed by atoms with E-state index in [-0.39, 0.29) is 6.42 Å². The Morgan fingerprint density at radius 3 is 2.43 bits per heavy atom. The van der Waals surface area contributed by atoms with Crippen molar-refractivity contribution in [2.24, 2.45) is 5.73 Å². The molecule has 0 aromatic heterocycles. The van der Waals surface area contributed by atoms with Crippen LogP contribution in [0.1, 0.15) is 5.56 Å². The van der Waals surface area contributed by atoms with E-state index in [2.05, 4.69) is 0 Å². The van der Waals surface area contributed by atoms with Gasteiger partial charge >= 0.3 is 5.97 Å². The average Bonchev–Trinajstić information content (AvgIpc) is 2.49. The molecule has 110 valence electrons. The lowest BCUT2D eigenvalue weighted by Gasteiger charge is -2.09. The third-order valence-corrected chi connectivity index (χ3v) is 2.97. The van der Waals surface area contributed by atoms with Gasteiger partial charge in [0.2, 0.25) is 0 Å². The Bertz CT molecular complexity index is 610. The fraction of sp³-hybridized carbons (Fsp3) is 0.188. The van der Waals surface area contributed by atoms with E-state index in [1.54, 1.807) is 37.4 Å². The van der Waals surface area contributed by atoms with Crippen LogP contribution in [0.2, 0.25) is 0 Å². The fourth-order valence-corrected chi connectivity index (χ4v) is 1.84. The van der Waals surface area contributed by atoms with Gasteiger partial charge in [0.1, 0.15) is 23.3 Å². The van der Waals surface area contributed by atoms with Gasteiger partial charge in [0, 0.05) is 6.07 Å². The maximum atomic E-state index is 10.7. The third-order valence-electron chi connectivity index (χ3n) is 2.97. The lowest BCUT2D eigenvalue weighted by atomic mass is 10.1. The second-order valence-corrected chi connectivity index (χ2v) is 4.57. The standard InChI is InChI=1S/C16H17NO4/c1-20-13-3-2-4-14(10-13)21-12-7-5-11(6-8-12)9-15(17)16(18)19/h2-8,10,15H,9,17H2,1H3,(H,18,19)/t15-/m0/s1. The van der Waals surface area contributed by atoms with Gasteiger partial charge in [-0.05, 0) is 36.2 Å². The van der Waals surface area contributed by atoms with Crippen LogP contribution in [0.3, 0.4) is 0 Å². The summed E-state index contributed by atoms with van der Waals surface area (Å²) in [6, 6.07) is 13.6. The Balaban J connectivity index is 2.03. The van der Waals surface area contributed by atoms with Crippen molar-refractivity contribution in [1.29, 1.82) is 0 Å². The summed E-state index contributed by atoms with van der Waals surface area (Å²) >= 11 is 0. The molecule has 0 amide bonds. The van der Waals surface area contributed by atoms with Crippen LogP contribution in [-0.2, 0) is 11.2 Å².